The molecule has 1 aliphatic rings. The molecule has 1 unspecified atom stereocenters. The topological polar surface area (TPSA) is 81.8 Å². The normalized spacial score (nSPS) is 15.9. The number of carboxylic acid groups (broad SMARTS) is 1. The molecule has 0 spiro atoms. The molecule has 1 aromatic rings. The predicted octanol–water partition coefficient (Wildman–Crippen LogP) is 2.08. The van der Waals surface area contributed by atoms with E-state index in [-0.39, 0.29) is 6.42 Å². The highest BCUT2D eigenvalue weighted by atomic mass is 79.9. The third-order valence-corrected chi connectivity index (χ3v) is 3.36. The summed E-state index contributed by atoms with van der Waals surface area (Å²) in [5, 5.41) is 8.83. The molecule has 0 saturated carbocycles. The van der Waals surface area contributed by atoms with Gasteiger partial charge in [-0.25, -0.2) is 0 Å². The number of hydrogen-bond acceptors (Lipinski definition) is 4. The van der Waals surface area contributed by atoms with Gasteiger partial charge < -0.3 is 20.3 Å². The second kappa shape index (κ2) is 5.58. The van der Waals surface area contributed by atoms with E-state index in [2.05, 4.69) is 15.9 Å². The number of rotatable bonds is 3. The molecule has 1 atom stereocenters. The molecule has 6 heteroatoms. The maximum absolute atomic E-state index is 10.8. The van der Waals surface area contributed by atoms with Gasteiger partial charge in [-0.05, 0) is 12.1 Å². The van der Waals surface area contributed by atoms with E-state index < -0.39 is 12.0 Å². The Morgan fingerprint density at radius 3 is 2.89 bits per heavy atom. The zero-order chi connectivity index (χ0) is 13.1. The molecule has 5 nitrogen and oxygen atoms in total. The van der Waals surface area contributed by atoms with Crippen LogP contribution >= 0.6 is 15.9 Å². The van der Waals surface area contributed by atoms with Crippen molar-refractivity contribution in [2.45, 2.75) is 18.9 Å². The number of hydrogen-bond donors (Lipinski definition) is 2. The minimum Gasteiger partial charge on any atom is -0.490 e. The molecule has 1 aliphatic heterocycles. The van der Waals surface area contributed by atoms with Gasteiger partial charge >= 0.3 is 5.97 Å². The summed E-state index contributed by atoms with van der Waals surface area (Å²) >= 11 is 3.38. The highest BCUT2D eigenvalue weighted by Crippen LogP contribution is 2.41. The lowest BCUT2D eigenvalue weighted by atomic mass is 10.0. The zero-order valence-corrected chi connectivity index (χ0v) is 11.3. The van der Waals surface area contributed by atoms with Gasteiger partial charge in [-0.2, -0.15) is 0 Å². The van der Waals surface area contributed by atoms with Gasteiger partial charge in [0.25, 0.3) is 0 Å². The monoisotopic (exact) mass is 315 g/mol. The molecule has 0 amide bonds. The largest absolute Gasteiger partial charge is 0.490 e. The highest BCUT2D eigenvalue weighted by Gasteiger charge is 2.23. The molecule has 0 fully saturated rings. The lowest BCUT2D eigenvalue weighted by Crippen LogP contribution is -2.17. The number of aliphatic carboxylic acids is 1. The summed E-state index contributed by atoms with van der Waals surface area (Å²) in [7, 11) is 0. The molecule has 0 saturated heterocycles. The number of fused-ring (bicyclic) bond motifs is 1. The van der Waals surface area contributed by atoms with Crippen LogP contribution in [0.1, 0.15) is 24.4 Å². The zero-order valence-electron chi connectivity index (χ0n) is 9.69. The average Bonchev–Trinajstić information content (AvgIpc) is 2.52. The van der Waals surface area contributed by atoms with Crippen molar-refractivity contribution in [2.24, 2.45) is 5.73 Å². The Labute approximate surface area is 113 Å². The van der Waals surface area contributed by atoms with Crippen LogP contribution in [0.15, 0.2) is 16.6 Å². The van der Waals surface area contributed by atoms with Gasteiger partial charge in [0, 0.05) is 22.5 Å². The van der Waals surface area contributed by atoms with Crippen molar-refractivity contribution < 1.29 is 19.4 Å². The van der Waals surface area contributed by atoms with Crippen LogP contribution in [0, 0.1) is 0 Å². The molecule has 1 heterocycles. The van der Waals surface area contributed by atoms with E-state index in [0.717, 1.165) is 10.9 Å². The smallest absolute Gasteiger partial charge is 0.305 e. The van der Waals surface area contributed by atoms with Crippen LogP contribution in [0.3, 0.4) is 0 Å². The highest BCUT2D eigenvalue weighted by molar-refractivity contribution is 9.10. The predicted molar refractivity (Wildman–Crippen MR) is 68.9 cm³/mol. The Bertz CT molecular complexity index is 464. The van der Waals surface area contributed by atoms with E-state index in [4.69, 9.17) is 20.3 Å². The summed E-state index contributed by atoms with van der Waals surface area (Å²) in [5.41, 5.74) is 6.58. The van der Waals surface area contributed by atoms with Crippen LogP contribution in [0.2, 0.25) is 0 Å². The lowest BCUT2D eigenvalue weighted by Gasteiger charge is -2.18. The van der Waals surface area contributed by atoms with Crippen LogP contribution in [0.5, 0.6) is 11.5 Å². The Morgan fingerprint density at radius 2 is 2.17 bits per heavy atom. The maximum Gasteiger partial charge on any atom is 0.305 e. The number of benzene rings is 1. The van der Waals surface area contributed by atoms with Gasteiger partial charge in [-0.3, -0.25) is 4.79 Å². The summed E-state index contributed by atoms with van der Waals surface area (Å²) in [4.78, 5) is 10.8. The van der Waals surface area contributed by atoms with Gasteiger partial charge in [-0.15, -0.1) is 0 Å². The number of carboxylic acids is 1. The van der Waals surface area contributed by atoms with Crippen molar-refractivity contribution in [3.8, 4) is 11.5 Å². The van der Waals surface area contributed by atoms with E-state index >= 15 is 0 Å². The first-order valence-electron chi connectivity index (χ1n) is 5.65. The lowest BCUT2D eigenvalue weighted by molar-refractivity contribution is -0.137. The van der Waals surface area contributed by atoms with E-state index in [0.29, 0.717) is 30.3 Å². The summed E-state index contributed by atoms with van der Waals surface area (Å²) < 4.78 is 11.9. The van der Waals surface area contributed by atoms with E-state index in [1.807, 2.05) is 0 Å². The van der Waals surface area contributed by atoms with Gasteiger partial charge in [-0.1, -0.05) is 15.9 Å². The second-order valence-corrected chi connectivity index (χ2v) is 4.90. The van der Waals surface area contributed by atoms with Crippen molar-refractivity contribution in [1.29, 1.82) is 0 Å². The van der Waals surface area contributed by atoms with Crippen LogP contribution in [0.25, 0.3) is 0 Å². The molecule has 18 heavy (non-hydrogen) atoms. The van der Waals surface area contributed by atoms with E-state index in [1.54, 1.807) is 12.1 Å². The Balaban J connectivity index is 2.41. The number of carbonyl (C=O) groups is 1. The fraction of sp³-hybridized carbons (Fsp3) is 0.417. The summed E-state index contributed by atoms with van der Waals surface area (Å²) in [6.45, 7) is 1.12. The molecule has 1 aromatic carbocycles. The molecular formula is C12H14BrNO4. The second-order valence-electron chi connectivity index (χ2n) is 4.04. The average molecular weight is 316 g/mol. The molecule has 2 rings (SSSR count). The van der Waals surface area contributed by atoms with Crippen LogP contribution < -0.4 is 15.2 Å². The summed E-state index contributed by atoms with van der Waals surface area (Å²) in [5.74, 6) is 0.226. The Hall–Kier alpha value is -1.27. The molecule has 98 valence electrons. The first-order chi connectivity index (χ1) is 8.59. The Morgan fingerprint density at radius 1 is 1.44 bits per heavy atom. The van der Waals surface area contributed by atoms with Crippen molar-refractivity contribution in [3.05, 3.63) is 22.2 Å². The molecule has 0 aliphatic carbocycles. The first-order valence-corrected chi connectivity index (χ1v) is 6.44. The molecule has 3 N–H and O–H groups in total. The van der Waals surface area contributed by atoms with Crippen LogP contribution in [-0.2, 0) is 4.79 Å². The van der Waals surface area contributed by atoms with Crippen molar-refractivity contribution in [1.82, 2.24) is 0 Å². The van der Waals surface area contributed by atoms with Crippen molar-refractivity contribution in [2.75, 3.05) is 13.2 Å². The molecule has 0 bridgehead atoms. The first kappa shape index (κ1) is 13.2. The summed E-state index contributed by atoms with van der Waals surface area (Å²) in [6, 6.07) is 2.96. The third kappa shape index (κ3) is 2.76. The third-order valence-electron chi connectivity index (χ3n) is 2.66. The molecule has 0 radical (unpaired) electrons. The van der Waals surface area contributed by atoms with E-state index in [1.165, 1.54) is 0 Å². The Kier molecular flexibility index (Phi) is 4.08. The SMILES string of the molecule is NC(CC(=O)O)c1c(Br)ccc2c1OCCCO2. The van der Waals surface area contributed by atoms with Gasteiger partial charge in [0.05, 0.1) is 19.6 Å². The number of ether oxygens (including phenoxy) is 2. The van der Waals surface area contributed by atoms with E-state index in [9.17, 15) is 4.79 Å². The van der Waals surface area contributed by atoms with Gasteiger partial charge in [0.15, 0.2) is 11.5 Å². The fourth-order valence-corrected chi connectivity index (χ4v) is 2.48. The number of nitrogens with two attached hydrogens (primary N) is 1. The number of halogens is 1. The molecular weight excluding hydrogens is 302 g/mol. The molecule has 0 aromatic heterocycles. The van der Waals surface area contributed by atoms with Crippen molar-refractivity contribution in [3.63, 3.8) is 0 Å². The standard InChI is InChI=1S/C12H14BrNO4/c13-7-2-3-9-12(18-5-1-4-17-9)11(7)8(14)6-10(15)16/h2-3,8H,1,4-6,14H2,(H,15,16). The fourth-order valence-electron chi connectivity index (χ4n) is 1.87. The van der Waals surface area contributed by atoms with Crippen LogP contribution in [-0.4, -0.2) is 24.3 Å². The minimum atomic E-state index is -0.943. The van der Waals surface area contributed by atoms with Gasteiger partial charge in [0.1, 0.15) is 0 Å². The quantitative estimate of drug-likeness (QED) is 0.892. The van der Waals surface area contributed by atoms with Crippen LogP contribution in [0.4, 0.5) is 0 Å². The summed E-state index contributed by atoms with van der Waals surface area (Å²) in [6.07, 6.45) is 0.637. The minimum absolute atomic E-state index is 0.154. The van der Waals surface area contributed by atoms with Crippen molar-refractivity contribution >= 4 is 21.9 Å². The maximum atomic E-state index is 10.8. The van der Waals surface area contributed by atoms with Gasteiger partial charge in [0.2, 0.25) is 0 Å².